The molecule has 2 unspecified atom stereocenters. The predicted octanol–water partition coefficient (Wildman–Crippen LogP) is 1.61. The summed E-state index contributed by atoms with van der Waals surface area (Å²) in [7, 11) is -3.63. The highest BCUT2D eigenvalue weighted by Gasteiger charge is 2.28. The quantitative estimate of drug-likeness (QED) is 0.827. The lowest BCUT2D eigenvalue weighted by Crippen LogP contribution is -2.33. The fourth-order valence-corrected chi connectivity index (χ4v) is 3.72. The van der Waals surface area contributed by atoms with E-state index in [0.29, 0.717) is 0 Å². The lowest BCUT2D eigenvalue weighted by Gasteiger charge is -2.13. The molecule has 108 valence electrons. The molecular formula is C14H17NO4S. The van der Waals surface area contributed by atoms with Crippen LogP contribution >= 0.6 is 0 Å². The van der Waals surface area contributed by atoms with Gasteiger partial charge < -0.3 is 5.11 Å². The lowest BCUT2D eigenvalue weighted by molar-refractivity contribution is -0.140. The molecule has 0 amide bonds. The minimum absolute atomic E-state index is 0.210. The number of hydrogen-bond donors (Lipinski definition) is 2. The maximum absolute atomic E-state index is 12.3. The summed E-state index contributed by atoms with van der Waals surface area (Å²) in [6, 6.07) is 4.63. The lowest BCUT2D eigenvalue weighted by atomic mass is 10.1. The van der Waals surface area contributed by atoms with Crippen molar-refractivity contribution < 1.29 is 18.3 Å². The maximum atomic E-state index is 12.3. The highest BCUT2D eigenvalue weighted by atomic mass is 32.2. The van der Waals surface area contributed by atoms with Gasteiger partial charge in [0.15, 0.2) is 0 Å². The molecule has 0 radical (unpaired) electrons. The zero-order valence-electron chi connectivity index (χ0n) is 11.3. The van der Waals surface area contributed by atoms with Crippen molar-refractivity contribution in [1.29, 1.82) is 0 Å². The Labute approximate surface area is 118 Å². The van der Waals surface area contributed by atoms with Crippen LogP contribution < -0.4 is 4.72 Å². The van der Waals surface area contributed by atoms with Gasteiger partial charge in [-0.25, -0.2) is 13.1 Å². The normalized spacial score (nSPS) is 22.1. The molecule has 6 heteroatoms. The van der Waals surface area contributed by atoms with Crippen LogP contribution in [-0.4, -0.2) is 25.5 Å². The van der Waals surface area contributed by atoms with Crippen LogP contribution in [0, 0.1) is 19.8 Å². The van der Waals surface area contributed by atoms with E-state index in [-0.39, 0.29) is 11.3 Å². The zero-order valence-corrected chi connectivity index (χ0v) is 12.1. The van der Waals surface area contributed by atoms with Crippen LogP contribution in [0.4, 0.5) is 0 Å². The second-order valence-electron chi connectivity index (χ2n) is 5.12. The number of rotatable bonds is 4. The summed E-state index contributed by atoms with van der Waals surface area (Å²) in [4.78, 5) is 11.1. The van der Waals surface area contributed by atoms with Crippen molar-refractivity contribution in [3.05, 3.63) is 41.5 Å². The summed E-state index contributed by atoms with van der Waals surface area (Å²) in [6.45, 7) is 3.67. The molecule has 20 heavy (non-hydrogen) atoms. The minimum atomic E-state index is -3.63. The third-order valence-corrected chi connectivity index (χ3v) is 4.68. The van der Waals surface area contributed by atoms with E-state index in [9.17, 15) is 13.2 Å². The van der Waals surface area contributed by atoms with Gasteiger partial charge >= 0.3 is 5.97 Å². The molecule has 1 aliphatic carbocycles. The first-order valence-corrected chi connectivity index (χ1v) is 7.78. The summed E-state index contributed by atoms with van der Waals surface area (Å²) >= 11 is 0. The molecule has 2 atom stereocenters. The Morgan fingerprint density at radius 3 is 2.30 bits per heavy atom. The second-order valence-corrected chi connectivity index (χ2v) is 6.83. The molecule has 0 fully saturated rings. The molecule has 0 aromatic heterocycles. The minimum Gasteiger partial charge on any atom is -0.481 e. The number of hydrogen-bond acceptors (Lipinski definition) is 3. The smallest absolute Gasteiger partial charge is 0.310 e. The summed E-state index contributed by atoms with van der Waals surface area (Å²) in [6.07, 6.45) is 3.37. The van der Waals surface area contributed by atoms with Crippen LogP contribution in [0.2, 0.25) is 0 Å². The van der Waals surface area contributed by atoms with E-state index < -0.39 is 28.0 Å². The average molecular weight is 295 g/mol. The maximum Gasteiger partial charge on any atom is 0.310 e. The molecule has 0 bridgehead atoms. The summed E-state index contributed by atoms with van der Waals surface area (Å²) in [5.41, 5.74) is 1.74. The van der Waals surface area contributed by atoms with Gasteiger partial charge in [0.05, 0.1) is 10.8 Å². The van der Waals surface area contributed by atoms with E-state index in [1.807, 2.05) is 19.9 Å². The Bertz CT molecular complexity index is 644. The average Bonchev–Trinajstić information content (AvgIpc) is 2.75. The Kier molecular flexibility index (Phi) is 3.96. The van der Waals surface area contributed by atoms with Gasteiger partial charge in [0.1, 0.15) is 0 Å². The molecule has 0 aliphatic heterocycles. The van der Waals surface area contributed by atoms with Crippen molar-refractivity contribution in [3.8, 4) is 0 Å². The molecule has 2 rings (SSSR count). The van der Waals surface area contributed by atoms with Crippen molar-refractivity contribution in [1.82, 2.24) is 4.72 Å². The number of benzene rings is 1. The molecule has 0 spiro atoms. The third-order valence-electron chi connectivity index (χ3n) is 3.21. The fourth-order valence-electron chi connectivity index (χ4n) is 2.32. The highest BCUT2D eigenvalue weighted by molar-refractivity contribution is 7.89. The standard InChI is InChI=1S/C14H17NO4S/c1-9-5-10(2)7-13(6-9)20(18,19)15-12-4-3-11(8-12)14(16)17/h3-7,11-12,15H,8H2,1-2H3,(H,16,17). The van der Waals surface area contributed by atoms with Crippen molar-refractivity contribution in [2.24, 2.45) is 5.92 Å². The number of aryl methyl sites for hydroxylation is 2. The van der Waals surface area contributed by atoms with E-state index in [1.54, 1.807) is 18.2 Å². The van der Waals surface area contributed by atoms with Crippen LogP contribution in [0.25, 0.3) is 0 Å². The van der Waals surface area contributed by atoms with E-state index >= 15 is 0 Å². The van der Waals surface area contributed by atoms with Crippen molar-refractivity contribution in [3.63, 3.8) is 0 Å². The van der Waals surface area contributed by atoms with Crippen LogP contribution in [-0.2, 0) is 14.8 Å². The molecular weight excluding hydrogens is 278 g/mol. The monoisotopic (exact) mass is 295 g/mol. The van der Waals surface area contributed by atoms with Gasteiger partial charge in [-0.1, -0.05) is 18.2 Å². The SMILES string of the molecule is Cc1cc(C)cc(S(=O)(=O)NC2C=CC(C(=O)O)C2)c1. The molecule has 2 N–H and O–H groups in total. The Balaban J connectivity index is 2.16. The van der Waals surface area contributed by atoms with Crippen LogP contribution in [0.15, 0.2) is 35.2 Å². The van der Waals surface area contributed by atoms with Gasteiger partial charge in [0.2, 0.25) is 10.0 Å². The van der Waals surface area contributed by atoms with Gasteiger partial charge in [-0.2, -0.15) is 0 Å². The third kappa shape index (κ3) is 3.26. The first kappa shape index (κ1) is 14.7. The Hall–Kier alpha value is -1.66. The first-order chi connectivity index (χ1) is 9.28. The number of sulfonamides is 1. The summed E-state index contributed by atoms with van der Waals surface area (Å²) in [5, 5.41) is 8.89. The fraction of sp³-hybridized carbons (Fsp3) is 0.357. The molecule has 5 nitrogen and oxygen atoms in total. The van der Waals surface area contributed by atoms with Crippen molar-refractivity contribution >= 4 is 16.0 Å². The summed E-state index contributed by atoms with van der Waals surface area (Å²) < 4.78 is 27.1. The number of nitrogens with one attached hydrogen (secondary N) is 1. The zero-order chi connectivity index (χ0) is 14.9. The van der Waals surface area contributed by atoms with E-state index in [1.165, 1.54) is 6.08 Å². The Morgan fingerprint density at radius 2 is 1.80 bits per heavy atom. The molecule has 0 saturated heterocycles. The van der Waals surface area contributed by atoms with Gasteiger partial charge in [-0.05, 0) is 43.5 Å². The number of carboxylic acids is 1. The molecule has 1 aromatic rings. The second kappa shape index (κ2) is 5.38. The van der Waals surface area contributed by atoms with Crippen LogP contribution in [0.3, 0.4) is 0 Å². The van der Waals surface area contributed by atoms with Crippen LogP contribution in [0.5, 0.6) is 0 Å². The van der Waals surface area contributed by atoms with E-state index in [2.05, 4.69) is 4.72 Å². The highest BCUT2D eigenvalue weighted by Crippen LogP contribution is 2.21. The molecule has 0 saturated carbocycles. The van der Waals surface area contributed by atoms with Gasteiger partial charge in [-0.3, -0.25) is 4.79 Å². The number of carboxylic acid groups (broad SMARTS) is 1. The Morgan fingerprint density at radius 1 is 1.20 bits per heavy atom. The largest absolute Gasteiger partial charge is 0.481 e. The van der Waals surface area contributed by atoms with Gasteiger partial charge in [0.25, 0.3) is 0 Å². The van der Waals surface area contributed by atoms with E-state index in [4.69, 9.17) is 5.11 Å². The first-order valence-electron chi connectivity index (χ1n) is 6.30. The molecule has 1 aromatic carbocycles. The van der Waals surface area contributed by atoms with Crippen molar-refractivity contribution in [2.45, 2.75) is 31.2 Å². The van der Waals surface area contributed by atoms with E-state index in [0.717, 1.165) is 11.1 Å². The van der Waals surface area contributed by atoms with Gasteiger partial charge in [0, 0.05) is 6.04 Å². The predicted molar refractivity (Wildman–Crippen MR) is 74.9 cm³/mol. The topological polar surface area (TPSA) is 83.5 Å². The molecule has 0 heterocycles. The van der Waals surface area contributed by atoms with Crippen molar-refractivity contribution in [2.75, 3.05) is 0 Å². The number of aliphatic carboxylic acids is 1. The molecule has 1 aliphatic rings. The van der Waals surface area contributed by atoms with Crippen LogP contribution in [0.1, 0.15) is 17.5 Å². The van der Waals surface area contributed by atoms with Gasteiger partial charge in [-0.15, -0.1) is 0 Å². The number of carbonyl (C=O) groups is 1. The summed E-state index contributed by atoms with van der Waals surface area (Å²) in [5.74, 6) is -1.56.